The minimum absolute atomic E-state index is 0.0370. The second-order valence-corrected chi connectivity index (χ2v) is 5.11. The van der Waals surface area contributed by atoms with Crippen molar-refractivity contribution < 1.29 is 9.13 Å². The smallest absolute Gasteiger partial charge is 0.173 e. The topological polar surface area (TPSA) is 64.9 Å². The molecule has 0 bridgehead atoms. The third kappa shape index (κ3) is 3.63. The Balaban J connectivity index is 1.66. The van der Waals surface area contributed by atoms with Crippen molar-refractivity contribution in [3.63, 3.8) is 0 Å². The first-order valence-electron chi connectivity index (χ1n) is 7.14. The molecule has 0 saturated heterocycles. The number of halogens is 1. The Morgan fingerprint density at radius 3 is 2.57 bits per heavy atom. The number of aryl methyl sites for hydroxylation is 1. The average Bonchev–Trinajstić information content (AvgIpc) is 2.95. The molecule has 7 heteroatoms. The van der Waals surface area contributed by atoms with E-state index in [0.717, 1.165) is 11.5 Å². The second-order valence-electron chi connectivity index (χ2n) is 5.11. The molecule has 23 heavy (non-hydrogen) atoms. The lowest BCUT2D eigenvalue weighted by atomic mass is 10.2. The molecule has 0 saturated carbocycles. The van der Waals surface area contributed by atoms with E-state index in [1.54, 1.807) is 23.9 Å². The van der Waals surface area contributed by atoms with Gasteiger partial charge in [0, 0.05) is 18.8 Å². The number of tetrazole rings is 1. The van der Waals surface area contributed by atoms with Crippen LogP contribution in [0.2, 0.25) is 0 Å². The zero-order valence-corrected chi connectivity index (χ0v) is 12.8. The fourth-order valence-corrected chi connectivity index (χ4v) is 2.20. The van der Waals surface area contributed by atoms with Crippen molar-refractivity contribution in [3.05, 3.63) is 60.2 Å². The average molecular weight is 313 g/mol. The van der Waals surface area contributed by atoms with Gasteiger partial charge in [-0.3, -0.25) is 0 Å². The van der Waals surface area contributed by atoms with Crippen molar-refractivity contribution in [1.29, 1.82) is 0 Å². The van der Waals surface area contributed by atoms with Crippen LogP contribution in [0, 0.1) is 5.82 Å². The maximum Gasteiger partial charge on any atom is 0.173 e. The van der Waals surface area contributed by atoms with Crippen molar-refractivity contribution in [3.8, 4) is 11.5 Å². The van der Waals surface area contributed by atoms with Gasteiger partial charge in [-0.15, -0.1) is 5.10 Å². The Morgan fingerprint density at radius 2 is 1.91 bits per heavy atom. The maximum absolute atomic E-state index is 13.1. The first-order chi connectivity index (χ1) is 11.1. The molecule has 1 N–H and O–H groups in total. The van der Waals surface area contributed by atoms with Gasteiger partial charge >= 0.3 is 0 Å². The zero-order chi connectivity index (χ0) is 16.2. The third-order valence-corrected chi connectivity index (χ3v) is 3.31. The van der Waals surface area contributed by atoms with Crippen molar-refractivity contribution in [2.24, 2.45) is 7.05 Å². The molecule has 0 spiro atoms. The van der Waals surface area contributed by atoms with Gasteiger partial charge in [-0.25, -0.2) is 9.07 Å². The fraction of sp³-hybridized carbons (Fsp3) is 0.188. The minimum atomic E-state index is -0.327. The van der Waals surface area contributed by atoms with Crippen LogP contribution < -0.4 is 10.1 Å². The Labute approximate surface area is 132 Å². The SMILES string of the molecule is C[C@H](Nc1ccc(Oc2cccc(F)c2)cc1)c1nnnn1C. The van der Waals surface area contributed by atoms with Gasteiger partial charge in [-0.1, -0.05) is 6.07 Å². The van der Waals surface area contributed by atoms with E-state index in [1.807, 2.05) is 31.2 Å². The van der Waals surface area contributed by atoms with Gasteiger partial charge < -0.3 is 10.1 Å². The molecule has 0 fully saturated rings. The third-order valence-electron chi connectivity index (χ3n) is 3.31. The number of aromatic nitrogens is 4. The summed E-state index contributed by atoms with van der Waals surface area (Å²) < 4.78 is 20.4. The molecule has 6 nitrogen and oxygen atoms in total. The highest BCUT2D eigenvalue weighted by Gasteiger charge is 2.12. The highest BCUT2D eigenvalue weighted by molar-refractivity contribution is 5.48. The highest BCUT2D eigenvalue weighted by Crippen LogP contribution is 2.24. The van der Waals surface area contributed by atoms with E-state index in [2.05, 4.69) is 20.8 Å². The molecular weight excluding hydrogens is 297 g/mol. The molecule has 1 aromatic heterocycles. The van der Waals surface area contributed by atoms with Crippen LogP contribution in [0.15, 0.2) is 48.5 Å². The van der Waals surface area contributed by atoms with Crippen LogP contribution >= 0.6 is 0 Å². The maximum atomic E-state index is 13.1. The molecule has 2 aromatic carbocycles. The molecule has 0 aliphatic heterocycles. The quantitative estimate of drug-likeness (QED) is 0.783. The van der Waals surface area contributed by atoms with Gasteiger partial charge in [-0.2, -0.15) is 0 Å². The number of benzene rings is 2. The summed E-state index contributed by atoms with van der Waals surface area (Å²) in [6.45, 7) is 1.98. The summed E-state index contributed by atoms with van der Waals surface area (Å²) in [6, 6.07) is 13.4. The lowest BCUT2D eigenvalue weighted by Gasteiger charge is -2.14. The summed E-state index contributed by atoms with van der Waals surface area (Å²) in [6.07, 6.45) is 0. The summed E-state index contributed by atoms with van der Waals surface area (Å²) in [5.41, 5.74) is 0.909. The van der Waals surface area contributed by atoms with Crippen LogP contribution in [-0.4, -0.2) is 20.2 Å². The molecule has 0 unspecified atom stereocenters. The Morgan fingerprint density at radius 1 is 1.13 bits per heavy atom. The van der Waals surface area contributed by atoms with Gasteiger partial charge in [-0.05, 0) is 53.7 Å². The molecular formula is C16H16FN5O. The van der Waals surface area contributed by atoms with Crippen molar-refractivity contribution in [2.45, 2.75) is 13.0 Å². The Bertz CT molecular complexity index is 787. The lowest BCUT2D eigenvalue weighted by Crippen LogP contribution is -2.12. The molecule has 1 atom stereocenters. The second kappa shape index (κ2) is 6.43. The van der Waals surface area contributed by atoms with Gasteiger partial charge in [0.15, 0.2) is 5.82 Å². The number of anilines is 1. The number of ether oxygens (including phenoxy) is 1. The summed E-state index contributed by atoms with van der Waals surface area (Å²) in [5.74, 6) is 1.51. The Kier molecular flexibility index (Phi) is 4.18. The molecule has 0 aliphatic rings. The fourth-order valence-electron chi connectivity index (χ4n) is 2.20. The normalized spacial score (nSPS) is 12.0. The van der Waals surface area contributed by atoms with E-state index >= 15 is 0 Å². The Hall–Kier alpha value is -2.96. The number of hydrogen-bond donors (Lipinski definition) is 1. The van der Waals surface area contributed by atoms with Gasteiger partial charge in [0.2, 0.25) is 0 Å². The van der Waals surface area contributed by atoms with Crippen LogP contribution in [0.4, 0.5) is 10.1 Å². The van der Waals surface area contributed by atoms with Gasteiger partial charge in [0.1, 0.15) is 17.3 Å². The predicted octanol–water partition coefficient (Wildman–Crippen LogP) is 3.31. The molecule has 3 aromatic rings. The molecule has 0 amide bonds. The van der Waals surface area contributed by atoms with Crippen molar-refractivity contribution >= 4 is 5.69 Å². The predicted molar refractivity (Wildman–Crippen MR) is 83.8 cm³/mol. The number of nitrogens with one attached hydrogen (secondary N) is 1. The van der Waals surface area contributed by atoms with Crippen LogP contribution in [0.3, 0.4) is 0 Å². The van der Waals surface area contributed by atoms with Crippen LogP contribution in [0.5, 0.6) is 11.5 Å². The number of nitrogens with zero attached hydrogens (tertiary/aromatic N) is 4. The highest BCUT2D eigenvalue weighted by atomic mass is 19.1. The van der Waals surface area contributed by atoms with Gasteiger partial charge in [0.25, 0.3) is 0 Å². The van der Waals surface area contributed by atoms with E-state index in [1.165, 1.54) is 12.1 Å². The summed E-state index contributed by atoms with van der Waals surface area (Å²) in [5, 5.41) is 14.7. The monoisotopic (exact) mass is 313 g/mol. The van der Waals surface area contributed by atoms with Gasteiger partial charge in [0.05, 0.1) is 6.04 Å². The molecule has 1 heterocycles. The summed E-state index contributed by atoms with van der Waals surface area (Å²) in [7, 11) is 1.80. The zero-order valence-electron chi connectivity index (χ0n) is 12.8. The van der Waals surface area contributed by atoms with E-state index in [4.69, 9.17) is 4.74 Å². The standard InChI is InChI=1S/C16H16FN5O/c1-11(16-19-20-21-22(16)2)18-13-6-8-14(9-7-13)23-15-5-3-4-12(17)10-15/h3-11,18H,1-2H3/t11-/m0/s1. The summed E-state index contributed by atoms with van der Waals surface area (Å²) in [4.78, 5) is 0. The minimum Gasteiger partial charge on any atom is -0.457 e. The summed E-state index contributed by atoms with van der Waals surface area (Å²) >= 11 is 0. The van der Waals surface area contributed by atoms with Crippen molar-refractivity contribution in [2.75, 3.05) is 5.32 Å². The van der Waals surface area contributed by atoms with E-state index in [9.17, 15) is 4.39 Å². The van der Waals surface area contributed by atoms with Crippen LogP contribution in [0.25, 0.3) is 0 Å². The number of hydrogen-bond acceptors (Lipinski definition) is 5. The molecule has 118 valence electrons. The van der Waals surface area contributed by atoms with E-state index in [-0.39, 0.29) is 11.9 Å². The van der Waals surface area contributed by atoms with Crippen LogP contribution in [-0.2, 0) is 7.05 Å². The molecule has 3 rings (SSSR count). The van der Waals surface area contributed by atoms with Crippen molar-refractivity contribution in [1.82, 2.24) is 20.2 Å². The first kappa shape index (κ1) is 15.0. The van der Waals surface area contributed by atoms with E-state index in [0.29, 0.717) is 11.5 Å². The van der Waals surface area contributed by atoms with Crippen LogP contribution in [0.1, 0.15) is 18.8 Å². The largest absolute Gasteiger partial charge is 0.457 e. The lowest BCUT2D eigenvalue weighted by molar-refractivity contribution is 0.477. The molecule has 0 radical (unpaired) electrons. The number of rotatable bonds is 5. The first-order valence-corrected chi connectivity index (χ1v) is 7.14. The van der Waals surface area contributed by atoms with E-state index < -0.39 is 0 Å². The molecule has 0 aliphatic carbocycles.